The number of amides is 1. The highest BCUT2D eigenvalue weighted by Gasteiger charge is 2.13. The maximum atomic E-state index is 11.4. The van der Waals surface area contributed by atoms with Crippen LogP contribution in [0, 0.1) is 20.8 Å². The molecule has 3 N–H and O–H groups in total. The highest BCUT2D eigenvalue weighted by molar-refractivity contribution is 7.98. The Morgan fingerprint density at radius 2 is 2.10 bits per heavy atom. The Labute approximate surface area is 121 Å². The summed E-state index contributed by atoms with van der Waals surface area (Å²) in [6.07, 6.45) is 0. The van der Waals surface area contributed by atoms with Crippen molar-refractivity contribution in [3.05, 3.63) is 46.5 Å². The third-order valence-corrected chi connectivity index (χ3v) is 3.79. The maximum Gasteiger partial charge on any atom is 0.300 e. The number of carbonyl (C=O) groups excluding carboxylic acids is 1. The summed E-state index contributed by atoms with van der Waals surface area (Å²) in [5, 5.41) is 0.966. The average Bonchev–Trinajstić information content (AvgIpc) is 2.76. The van der Waals surface area contributed by atoms with Crippen LogP contribution in [-0.4, -0.2) is 10.9 Å². The third-order valence-electron chi connectivity index (χ3n) is 2.83. The zero-order valence-corrected chi connectivity index (χ0v) is 12.5. The van der Waals surface area contributed by atoms with E-state index in [-0.39, 0.29) is 5.76 Å². The second-order valence-corrected chi connectivity index (χ2v) is 5.57. The van der Waals surface area contributed by atoms with Gasteiger partial charge in [-0.15, -0.1) is 11.8 Å². The molecule has 2 rings (SSSR count). The number of hydrazine groups is 1. The standard InChI is InChI=1S/C14H17N3O2S/c1-8-4-9(2)16-13(5-8)20-7-11-6-12(14(18)17-15)19-10(11)3/h4-6H,7,15H2,1-3H3,(H,17,18). The average molecular weight is 291 g/mol. The molecule has 0 aliphatic heterocycles. The van der Waals surface area contributed by atoms with Crippen molar-refractivity contribution in [2.45, 2.75) is 31.6 Å². The molecule has 2 aromatic heterocycles. The normalized spacial score (nSPS) is 10.6. The highest BCUT2D eigenvalue weighted by Crippen LogP contribution is 2.25. The van der Waals surface area contributed by atoms with Crippen LogP contribution in [0.3, 0.4) is 0 Å². The van der Waals surface area contributed by atoms with Gasteiger partial charge >= 0.3 is 5.91 Å². The minimum atomic E-state index is -0.422. The summed E-state index contributed by atoms with van der Waals surface area (Å²) < 4.78 is 5.38. The zero-order valence-electron chi connectivity index (χ0n) is 11.7. The van der Waals surface area contributed by atoms with Crippen LogP contribution in [0.15, 0.2) is 27.6 Å². The molecule has 20 heavy (non-hydrogen) atoms. The van der Waals surface area contributed by atoms with Crippen LogP contribution in [0.4, 0.5) is 0 Å². The van der Waals surface area contributed by atoms with Gasteiger partial charge in [-0.05, 0) is 44.5 Å². The Morgan fingerprint density at radius 1 is 1.35 bits per heavy atom. The first-order valence-electron chi connectivity index (χ1n) is 6.18. The molecular weight excluding hydrogens is 274 g/mol. The molecule has 0 radical (unpaired) electrons. The van der Waals surface area contributed by atoms with E-state index in [0.29, 0.717) is 5.75 Å². The molecule has 0 aliphatic carbocycles. The smallest absolute Gasteiger partial charge is 0.300 e. The van der Waals surface area contributed by atoms with Gasteiger partial charge in [0.15, 0.2) is 5.76 Å². The SMILES string of the molecule is Cc1cc(C)nc(SCc2cc(C(=O)NN)oc2C)c1. The summed E-state index contributed by atoms with van der Waals surface area (Å²) in [7, 11) is 0. The molecule has 2 heterocycles. The number of aryl methyl sites for hydroxylation is 3. The Bertz CT molecular complexity index is 617. The maximum absolute atomic E-state index is 11.4. The van der Waals surface area contributed by atoms with E-state index in [1.54, 1.807) is 17.8 Å². The lowest BCUT2D eigenvalue weighted by molar-refractivity contribution is 0.0924. The van der Waals surface area contributed by atoms with Gasteiger partial charge < -0.3 is 4.42 Å². The van der Waals surface area contributed by atoms with Gasteiger partial charge in [0.1, 0.15) is 5.76 Å². The zero-order chi connectivity index (χ0) is 14.7. The van der Waals surface area contributed by atoms with Crippen LogP contribution in [-0.2, 0) is 5.75 Å². The van der Waals surface area contributed by atoms with E-state index in [9.17, 15) is 4.79 Å². The van der Waals surface area contributed by atoms with E-state index in [4.69, 9.17) is 10.3 Å². The molecule has 1 amide bonds. The van der Waals surface area contributed by atoms with E-state index in [1.807, 2.05) is 32.9 Å². The lowest BCUT2D eigenvalue weighted by Gasteiger charge is -2.03. The molecule has 2 aromatic rings. The number of nitrogen functional groups attached to an aromatic ring is 1. The fraction of sp³-hybridized carbons (Fsp3) is 0.286. The Morgan fingerprint density at radius 3 is 2.75 bits per heavy atom. The molecule has 0 atom stereocenters. The lowest BCUT2D eigenvalue weighted by Crippen LogP contribution is -2.29. The van der Waals surface area contributed by atoms with E-state index < -0.39 is 5.91 Å². The summed E-state index contributed by atoms with van der Waals surface area (Å²) >= 11 is 1.61. The number of thioether (sulfide) groups is 1. The van der Waals surface area contributed by atoms with Gasteiger partial charge in [0.25, 0.3) is 0 Å². The van der Waals surface area contributed by atoms with Gasteiger partial charge in [0, 0.05) is 17.0 Å². The second-order valence-electron chi connectivity index (χ2n) is 4.58. The van der Waals surface area contributed by atoms with Crippen LogP contribution >= 0.6 is 11.8 Å². The number of pyridine rings is 1. The molecule has 106 valence electrons. The molecule has 0 saturated heterocycles. The van der Waals surface area contributed by atoms with Gasteiger partial charge in [-0.3, -0.25) is 10.2 Å². The van der Waals surface area contributed by atoms with Crippen molar-refractivity contribution in [2.75, 3.05) is 0 Å². The summed E-state index contributed by atoms with van der Waals surface area (Å²) in [6.45, 7) is 5.85. The molecule has 6 heteroatoms. The number of rotatable bonds is 4. The first kappa shape index (κ1) is 14.6. The van der Waals surface area contributed by atoms with Gasteiger partial charge in [-0.2, -0.15) is 0 Å². The largest absolute Gasteiger partial charge is 0.456 e. The molecule has 0 aliphatic rings. The van der Waals surface area contributed by atoms with Crippen LogP contribution in [0.25, 0.3) is 0 Å². The van der Waals surface area contributed by atoms with Crippen LogP contribution in [0.1, 0.15) is 33.1 Å². The van der Waals surface area contributed by atoms with Gasteiger partial charge in [-0.1, -0.05) is 0 Å². The predicted octanol–water partition coefficient (Wildman–Crippen LogP) is 2.50. The Hall–Kier alpha value is -1.79. The highest BCUT2D eigenvalue weighted by atomic mass is 32.2. The number of nitrogens with two attached hydrogens (primary N) is 1. The molecular formula is C14H17N3O2S. The van der Waals surface area contributed by atoms with Crippen LogP contribution < -0.4 is 11.3 Å². The van der Waals surface area contributed by atoms with E-state index in [0.717, 1.165) is 22.0 Å². The number of nitrogens with zero attached hydrogens (tertiary/aromatic N) is 1. The third kappa shape index (κ3) is 3.40. The first-order valence-corrected chi connectivity index (χ1v) is 7.16. The number of carbonyl (C=O) groups is 1. The molecule has 0 aromatic carbocycles. The number of hydrogen-bond donors (Lipinski definition) is 2. The van der Waals surface area contributed by atoms with Gasteiger partial charge in [0.05, 0.1) is 5.03 Å². The minimum absolute atomic E-state index is 0.231. The molecule has 0 unspecified atom stereocenters. The molecule has 0 saturated carbocycles. The fourth-order valence-corrected chi connectivity index (χ4v) is 2.94. The second kappa shape index (κ2) is 6.11. The quantitative estimate of drug-likeness (QED) is 0.391. The van der Waals surface area contributed by atoms with E-state index in [1.165, 1.54) is 5.56 Å². The molecule has 0 fully saturated rings. The van der Waals surface area contributed by atoms with Crippen LogP contribution in [0.5, 0.6) is 0 Å². The van der Waals surface area contributed by atoms with Crippen molar-refractivity contribution >= 4 is 17.7 Å². The summed E-state index contributed by atoms with van der Waals surface area (Å²) in [5.74, 6) is 6.32. The van der Waals surface area contributed by atoms with Crippen molar-refractivity contribution in [1.29, 1.82) is 0 Å². The number of aromatic nitrogens is 1. The van der Waals surface area contributed by atoms with Crippen molar-refractivity contribution < 1.29 is 9.21 Å². The minimum Gasteiger partial charge on any atom is -0.456 e. The Balaban J connectivity index is 2.10. The van der Waals surface area contributed by atoms with Gasteiger partial charge in [-0.25, -0.2) is 10.8 Å². The summed E-state index contributed by atoms with van der Waals surface area (Å²) in [5.41, 5.74) is 5.21. The van der Waals surface area contributed by atoms with Crippen molar-refractivity contribution in [1.82, 2.24) is 10.4 Å². The molecule has 0 spiro atoms. The number of furan rings is 1. The summed E-state index contributed by atoms with van der Waals surface area (Å²) in [4.78, 5) is 15.9. The lowest BCUT2D eigenvalue weighted by atomic mass is 10.2. The van der Waals surface area contributed by atoms with Crippen molar-refractivity contribution in [3.8, 4) is 0 Å². The van der Waals surface area contributed by atoms with Gasteiger partial charge in [0.2, 0.25) is 0 Å². The van der Waals surface area contributed by atoms with E-state index in [2.05, 4.69) is 10.4 Å². The predicted molar refractivity (Wildman–Crippen MR) is 78.4 cm³/mol. The number of hydrogen-bond acceptors (Lipinski definition) is 5. The Kier molecular flexibility index (Phi) is 4.46. The van der Waals surface area contributed by atoms with E-state index >= 15 is 0 Å². The first-order chi connectivity index (χ1) is 9.49. The van der Waals surface area contributed by atoms with Crippen molar-refractivity contribution in [3.63, 3.8) is 0 Å². The molecule has 0 bridgehead atoms. The number of nitrogens with one attached hydrogen (secondary N) is 1. The molecule has 5 nitrogen and oxygen atoms in total. The summed E-state index contributed by atoms with van der Waals surface area (Å²) in [6, 6.07) is 5.80. The monoisotopic (exact) mass is 291 g/mol. The van der Waals surface area contributed by atoms with Crippen molar-refractivity contribution in [2.24, 2.45) is 5.84 Å². The van der Waals surface area contributed by atoms with Crippen LogP contribution in [0.2, 0.25) is 0 Å². The fourth-order valence-electron chi connectivity index (χ4n) is 1.88. The topological polar surface area (TPSA) is 81.2 Å².